The lowest BCUT2D eigenvalue weighted by Crippen LogP contribution is -2.59. The molecule has 10 heteroatoms. The van der Waals surface area contributed by atoms with Crippen molar-refractivity contribution in [3.63, 3.8) is 0 Å². The molecule has 4 N–H and O–H groups in total. The van der Waals surface area contributed by atoms with Crippen molar-refractivity contribution in [1.82, 2.24) is 21.1 Å². The van der Waals surface area contributed by atoms with Crippen molar-refractivity contribution in [3.8, 4) is 0 Å². The summed E-state index contributed by atoms with van der Waals surface area (Å²) in [6.07, 6.45) is 0.819. The Kier molecular flexibility index (Phi) is 16.8. The molecule has 2 rings (SSSR count). The van der Waals surface area contributed by atoms with Gasteiger partial charge in [0.15, 0.2) is 0 Å². The molecule has 0 aliphatic heterocycles. The summed E-state index contributed by atoms with van der Waals surface area (Å²) >= 11 is 0. The van der Waals surface area contributed by atoms with Crippen LogP contribution in [0.3, 0.4) is 0 Å². The number of benzene rings is 2. The zero-order valence-corrected chi connectivity index (χ0v) is 28.3. The van der Waals surface area contributed by atoms with Crippen LogP contribution in [-0.4, -0.2) is 58.7 Å². The summed E-state index contributed by atoms with van der Waals surface area (Å²) in [5.74, 6) is -0.974. The summed E-state index contributed by atoms with van der Waals surface area (Å²) in [6, 6.07) is 16.5. The first-order chi connectivity index (χ1) is 21.9. The van der Waals surface area contributed by atoms with Crippen LogP contribution in [0, 0.1) is 17.8 Å². The lowest BCUT2D eigenvalue weighted by molar-refractivity contribution is -0.146. The second-order valence-corrected chi connectivity index (χ2v) is 13.0. The van der Waals surface area contributed by atoms with Crippen molar-refractivity contribution in [2.24, 2.45) is 17.8 Å². The molecule has 0 aliphatic rings. The third-order valence-corrected chi connectivity index (χ3v) is 7.64. The fourth-order valence-corrected chi connectivity index (χ4v) is 4.79. The number of nitrogens with one attached hydrogen (secondary N) is 3. The summed E-state index contributed by atoms with van der Waals surface area (Å²) in [5.41, 5.74) is 4.33. The molecule has 2 aromatic carbocycles. The molecular formula is C36H54N4O6. The summed E-state index contributed by atoms with van der Waals surface area (Å²) in [7, 11) is 0. The van der Waals surface area contributed by atoms with Gasteiger partial charge in [-0.3, -0.25) is 24.8 Å². The minimum Gasteiger partial charge on any atom is -0.445 e. The maximum Gasteiger partial charge on any atom is 0.408 e. The quantitative estimate of drug-likeness (QED) is 0.167. The lowest BCUT2D eigenvalue weighted by atomic mass is 10.0. The monoisotopic (exact) mass is 638 g/mol. The summed E-state index contributed by atoms with van der Waals surface area (Å²) < 4.78 is 5.39. The molecule has 46 heavy (non-hydrogen) atoms. The van der Waals surface area contributed by atoms with E-state index in [0.29, 0.717) is 18.8 Å². The number of rotatable bonds is 18. The molecule has 0 fully saturated rings. The van der Waals surface area contributed by atoms with E-state index in [0.717, 1.165) is 24.0 Å². The van der Waals surface area contributed by atoms with Gasteiger partial charge in [-0.1, -0.05) is 109 Å². The summed E-state index contributed by atoms with van der Waals surface area (Å²) in [5, 5.41) is 17.2. The molecule has 4 atom stereocenters. The number of hydrogen-bond acceptors (Lipinski definition) is 6. The molecule has 0 aromatic heterocycles. The number of nitrogens with zero attached hydrogens (tertiary/aromatic N) is 1. The molecule has 254 valence electrons. The number of aliphatic hydroxyl groups is 1. The lowest BCUT2D eigenvalue weighted by Gasteiger charge is -2.31. The van der Waals surface area contributed by atoms with Gasteiger partial charge < -0.3 is 20.5 Å². The van der Waals surface area contributed by atoms with Crippen LogP contribution in [0.2, 0.25) is 0 Å². The Morgan fingerprint density at radius 2 is 1.41 bits per heavy atom. The van der Waals surface area contributed by atoms with E-state index >= 15 is 0 Å². The molecule has 0 radical (unpaired) electrons. The van der Waals surface area contributed by atoms with E-state index in [1.165, 1.54) is 5.01 Å². The summed E-state index contributed by atoms with van der Waals surface area (Å²) in [6.45, 7) is 12.2. The van der Waals surface area contributed by atoms with E-state index < -0.39 is 42.0 Å². The Hall–Kier alpha value is -3.92. The van der Waals surface area contributed by atoms with Crippen molar-refractivity contribution in [3.05, 3.63) is 71.8 Å². The number of amides is 4. The molecule has 1 unspecified atom stereocenters. The van der Waals surface area contributed by atoms with Gasteiger partial charge in [0, 0.05) is 13.0 Å². The van der Waals surface area contributed by atoms with E-state index in [4.69, 9.17) is 4.74 Å². The molecule has 10 nitrogen and oxygen atoms in total. The average molecular weight is 639 g/mol. The number of aliphatic hydroxyl groups excluding tert-OH is 1. The SMILES string of the molecule is CCC(C)CN(NC(=O)C[C@@H](O)CCC(C)C)C(=O)[C@H](CC(C)C)NC(=O)[C@H](Cc1ccccc1)NC(=O)OCc1ccccc1. The number of hydrogen-bond donors (Lipinski definition) is 4. The van der Waals surface area contributed by atoms with Gasteiger partial charge in [0.05, 0.1) is 12.5 Å². The topological polar surface area (TPSA) is 137 Å². The Bertz CT molecular complexity index is 1210. The third kappa shape index (κ3) is 14.9. The summed E-state index contributed by atoms with van der Waals surface area (Å²) in [4.78, 5) is 53.5. The van der Waals surface area contributed by atoms with Crippen LogP contribution in [-0.2, 0) is 32.1 Å². The van der Waals surface area contributed by atoms with Gasteiger partial charge in [-0.05, 0) is 48.1 Å². The molecule has 0 saturated heterocycles. The standard InChI is InChI=1S/C36H54N4O6/c1-7-27(6)23-40(39-33(42)22-30(41)19-18-25(2)3)35(44)32(20-26(4)5)37-34(43)31(21-28-14-10-8-11-15-28)38-36(45)46-24-29-16-12-9-13-17-29/h8-17,25-27,30-32,41H,7,18-24H2,1-6H3,(H,37,43)(H,38,45)(H,39,42)/t27?,30-,31-,32-/m0/s1. The van der Waals surface area contributed by atoms with E-state index in [2.05, 4.69) is 29.9 Å². The minimum atomic E-state index is -1.03. The second kappa shape index (κ2) is 20.3. The highest BCUT2D eigenvalue weighted by molar-refractivity contribution is 5.92. The van der Waals surface area contributed by atoms with Crippen LogP contribution in [0.15, 0.2) is 60.7 Å². The fourth-order valence-electron chi connectivity index (χ4n) is 4.79. The number of hydrazine groups is 1. The van der Waals surface area contributed by atoms with Crippen LogP contribution in [0.4, 0.5) is 4.79 Å². The van der Waals surface area contributed by atoms with Crippen molar-refractivity contribution < 1.29 is 29.0 Å². The molecule has 4 amide bonds. The molecule has 0 spiro atoms. The Morgan fingerprint density at radius 3 is 1.98 bits per heavy atom. The molecule has 0 saturated carbocycles. The normalized spacial score (nSPS) is 13.8. The van der Waals surface area contributed by atoms with Crippen molar-refractivity contribution in [1.29, 1.82) is 0 Å². The Morgan fingerprint density at radius 1 is 0.804 bits per heavy atom. The zero-order chi connectivity index (χ0) is 34.1. The van der Waals surface area contributed by atoms with Gasteiger partial charge in [-0.15, -0.1) is 0 Å². The Balaban J connectivity index is 2.23. The molecule has 2 aromatic rings. The van der Waals surface area contributed by atoms with Gasteiger partial charge in [0.1, 0.15) is 18.7 Å². The van der Waals surface area contributed by atoms with Crippen molar-refractivity contribution in [2.45, 2.75) is 105 Å². The van der Waals surface area contributed by atoms with Crippen LogP contribution in [0.25, 0.3) is 0 Å². The van der Waals surface area contributed by atoms with E-state index in [1.54, 1.807) is 0 Å². The van der Waals surface area contributed by atoms with Gasteiger partial charge in [0.25, 0.3) is 5.91 Å². The first kappa shape index (κ1) is 38.3. The Labute approximate surface area is 274 Å². The molecule has 0 heterocycles. The fraction of sp³-hybridized carbons (Fsp3) is 0.556. The second-order valence-electron chi connectivity index (χ2n) is 13.0. The average Bonchev–Trinajstić information content (AvgIpc) is 3.02. The van der Waals surface area contributed by atoms with E-state index in [9.17, 15) is 24.3 Å². The predicted octanol–water partition coefficient (Wildman–Crippen LogP) is 5.15. The minimum absolute atomic E-state index is 0.0321. The van der Waals surface area contributed by atoms with Crippen LogP contribution < -0.4 is 16.1 Å². The van der Waals surface area contributed by atoms with Crippen molar-refractivity contribution in [2.75, 3.05) is 6.54 Å². The van der Waals surface area contributed by atoms with Crippen LogP contribution in [0.5, 0.6) is 0 Å². The maximum absolute atomic E-state index is 14.0. The van der Waals surface area contributed by atoms with E-state index in [-0.39, 0.29) is 37.8 Å². The molecular weight excluding hydrogens is 584 g/mol. The molecule has 0 aliphatic carbocycles. The largest absolute Gasteiger partial charge is 0.445 e. The maximum atomic E-state index is 14.0. The highest BCUT2D eigenvalue weighted by atomic mass is 16.5. The number of ether oxygens (including phenoxy) is 1. The number of alkyl carbamates (subject to hydrolysis) is 1. The predicted molar refractivity (Wildman–Crippen MR) is 179 cm³/mol. The van der Waals surface area contributed by atoms with E-state index in [1.807, 2.05) is 88.4 Å². The van der Waals surface area contributed by atoms with Gasteiger partial charge >= 0.3 is 6.09 Å². The van der Waals surface area contributed by atoms with Gasteiger partial charge in [-0.2, -0.15) is 0 Å². The van der Waals surface area contributed by atoms with Crippen LogP contribution in [0.1, 0.15) is 84.8 Å². The first-order valence-electron chi connectivity index (χ1n) is 16.5. The smallest absolute Gasteiger partial charge is 0.408 e. The van der Waals surface area contributed by atoms with Gasteiger partial charge in [0.2, 0.25) is 11.8 Å². The highest BCUT2D eigenvalue weighted by Gasteiger charge is 2.32. The first-order valence-corrected chi connectivity index (χ1v) is 16.5. The highest BCUT2D eigenvalue weighted by Crippen LogP contribution is 2.14. The third-order valence-electron chi connectivity index (χ3n) is 7.64. The number of carbonyl (C=O) groups excluding carboxylic acids is 4. The van der Waals surface area contributed by atoms with Crippen molar-refractivity contribution >= 4 is 23.8 Å². The van der Waals surface area contributed by atoms with Crippen LogP contribution >= 0.6 is 0 Å². The number of carbonyl (C=O) groups is 4. The zero-order valence-electron chi connectivity index (χ0n) is 28.3. The van der Waals surface area contributed by atoms with Gasteiger partial charge in [-0.25, -0.2) is 4.79 Å². The molecule has 0 bridgehead atoms.